The molecule has 0 unspecified atom stereocenters. The molecule has 0 aliphatic rings. The second-order valence-corrected chi connectivity index (χ2v) is 6.36. The van der Waals surface area contributed by atoms with E-state index in [1.807, 2.05) is 13.8 Å². The molecule has 0 fully saturated rings. The van der Waals surface area contributed by atoms with E-state index in [2.05, 4.69) is 125 Å². The summed E-state index contributed by atoms with van der Waals surface area (Å²) in [6.45, 7) is 42.2. The smallest absolute Gasteiger partial charge is 0.0590 e. The molecule has 0 N–H and O–H groups in total. The molecule has 0 aromatic rings. The van der Waals surface area contributed by atoms with Crippen molar-refractivity contribution >= 4 is 0 Å². The molecule has 0 amide bonds. The Bertz CT molecular complexity index is 28.5. The van der Waals surface area contributed by atoms with Crippen molar-refractivity contribution < 1.29 is 0 Å². The summed E-state index contributed by atoms with van der Waals surface area (Å²) < 4.78 is 0. The van der Waals surface area contributed by atoms with E-state index >= 15 is 0 Å². The van der Waals surface area contributed by atoms with Crippen molar-refractivity contribution in [2.75, 3.05) is 0 Å². The zero-order valence-electron chi connectivity index (χ0n) is 26.4. The summed E-state index contributed by atoms with van der Waals surface area (Å²) in [5, 5.41) is 0. The van der Waals surface area contributed by atoms with Gasteiger partial charge in [-0.1, -0.05) is 219 Å². The van der Waals surface area contributed by atoms with E-state index in [1.165, 1.54) is 57.8 Å². The minimum absolute atomic E-state index is 0. The predicted octanol–water partition coefficient (Wildman–Crippen LogP) is 15.7. The highest BCUT2D eigenvalue weighted by Gasteiger charge is 1.38. The van der Waals surface area contributed by atoms with Crippen molar-refractivity contribution in [2.45, 2.75) is 219 Å². The van der Waals surface area contributed by atoms with Gasteiger partial charge in [-0.2, -0.15) is 0 Å². The van der Waals surface area contributed by atoms with Crippen molar-refractivity contribution in [1.82, 2.24) is 0 Å². The third-order valence-corrected chi connectivity index (χ3v) is 0. The summed E-state index contributed by atoms with van der Waals surface area (Å²) in [6.07, 6.45) is 11.2. The van der Waals surface area contributed by atoms with Crippen LogP contribution in [0.15, 0.2) is 0 Å². The van der Waals surface area contributed by atoms with Crippen LogP contribution in [0.1, 0.15) is 219 Å². The maximum absolute atomic E-state index is 2.12. The highest BCUT2D eigenvalue weighted by molar-refractivity contribution is 3.94. The molecular weight excluding hydrogens is 384 g/mol. The van der Waals surface area contributed by atoms with Gasteiger partial charge in [-0.25, -0.2) is 0 Å². The Labute approximate surface area is 218 Å². The van der Waals surface area contributed by atoms with Gasteiger partial charge in [0.25, 0.3) is 0 Å². The lowest BCUT2D eigenvalue weighted by Crippen LogP contribution is -1.27. The molecule has 0 bridgehead atoms. The molecule has 0 aromatic heterocycles. The molecule has 0 aliphatic heterocycles. The van der Waals surface area contributed by atoms with Gasteiger partial charge in [0.1, 0.15) is 0 Å². The monoisotopic (exact) mass is 475 g/mol. The highest BCUT2D eigenvalue weighted by Crippen LogP contribution is 1.58. The first kappa shape index (κ1) is 85.2. The maximum atomic E-state index is 2.12. The van der Waals surface area contributed by atoms with Gasteiger partial charge in [-0.15, -0.1) is 0 Å². The Balaban J connectivity index is -0.0000000113. The quantitative estimate of drug-likeness (QED) is 0.327. The standard InChI is InChI=1S/9C3H8.C2H6.3CH4/c9*1-3-2;1-2;;;/h9*3H2,1-2H3;1-2H3;3*1H4. The van der Waals surface area contributed by atoms with Crippen LogP contribution < -0.4 is 0 Å². The van der Waals surface area contributed by atoms with Gasteiger partial charge in [-0.05, 0) is 0 Å². The second kappa shape index (κ2) is 344. The van der Waals surface area contributed by atoms with E-state index in [0.717, 1.165) is 0 Å². The van der Waals surface area contributed by atoms with E-state index < -0.39 is 0 Å². The van der Waals surface area contributed by atoms with Crippen LogP contribution >= 0.6 is 0 Å². The van der Waals surface area contributed by atoms with Crippen LogP contribution in [0.2, 0.25) is 0 Å². The van der Waals surface area contributed by atoms with Crippen molar-refractivity contribution in [3.63, 3.8) is 0 Å². The molecule has 0 rings (SSSR count). The summed E-state index contributed by atoms with van der Waals surface area (Å²) in [5.41, 5.74) is 0. The SMILES string of the molecule is C.C.C.CC.CCC.CCC.CCC.CCC.CCC.CCC.CCC.CCC.CCC. The molecule has 0 spiro atoms. The first-order valence-corrected chi connectivity index (χ1v) is 13.7. The lowest BCUT2D eigenvalue weighted by Gasteiger charge is -1.48. The van der Waals surface area contributed by atoms with Gasteiger partial charge in [0.05, 0.1) is 0 Å². The van der Waals surface area contributed by atoms with E-state index in [4.69, 9.17) is 0 Å². The fraction of sp³-hybridized carbons (Fsp3) is 1.00. The largest absolute Gasteiger partial charge is 0.0776 e. The van der Waals surface area contributed by atoms with Crippen molar-refractivity contribution in [3.05, 3.63) is 0 Å². The molecule has 0 heterocycles. The summed E-state index contributed by atoms with van der Waals surface area (Å²) in [6, 6.07) is 0. The van der Waals surface area contributed by atoms with E-state index in [1.54, 1.807) is 0 Å². The van der Waals surface area contributed by atoms with Crippen LogP contribution in [0.25, 0.3) is 0 Å². The van der Waals surface area contributed by atoms with Gasteiger partial charge >= 0.3 is 0 Å². The molecule has 0 atom stereocenters. The summed E-state index contributed by atoms with van der Waals surface area (Å²) in [7, 11) is 0. The van der Waals surface area contributed by atoms with E-state index in [-0.39, 0.29) is 22.3 Å². The third-order valence-electron chi connectivity index (χ3n) is 0. The van der Waals surface area contributed by atoms with Crippen LogP contribution in [-0.2, 0) is 0 Å². The predicted molar refractivity (Wildman–Crippen MR) is 175 cm³/mol. The van der Waals surface area contributed by atoms with E-state index in [9.17, 15) is 0 Å². The maximum Gasteiger partial charge on any atom is -0.0590 e. The molecule has 32 heavy (non-hydrogen) atoms. The van der Waals surface area contributed by atoms with Crippen LogP contribution in [0.4, 0.5) is 0 Å². The zero-order chi connectivity index (χ0) is 26.4. The number of hydrogen-bond acceptors (Lipinski definition) is 0. The third kappa shape index (κ3) is 0. The average Bonchev–Trinajstić information content (AvgIpc) is 2.62. The molecule has 0 heteroatoms. The normalized spacial score (nSPS) is 5.25. The summed E-state index contributed by atoms with van der Waals surface area (Å²) in [4.78, 5) is 0. The molecule has 0 saturated carbocycles. The van der Waals surface area contributed by atoms with Gasteiger partial charge in [0.15, 0.2) is 0 Å². The second-order valence-electron chi connectivity index (χ2n) is 6.36. The Hall–Kier alpha value is 0. The number of hydrogen-bond donors (Lipinski definition) is 0. The van der Waals surface area contributed by atoms with Crippen molar-refractivity contribution in [2.24, 2.45) is 0 Å². The van der Waals surface area contributed by atoms with E-state index in [0.29, 0.717) is 0 Å². The first-order chi connectivity index (χ1) is 13.7. The Morgan fingerprint density at radius 3 is 0.188 bits per heavy atom. The number of rotatable bonds is 0. The average molecular weight is 475 g/mol. The minimum Gasteiger partial charge on any atom is -0.0776 e. The lowest BCUT2D eigenvalue weighted by molar-refractivity contribution is 1.09. The molecule has 0 radical (unpaired) electrons. The topological polar surface area (TPSA) is 0 Å². The fourth-order valence-corrected chi connectivity index (χ4v) is 0. The van der Waals surface area contributed by atoms with Gasteiger partial charge in [0.2, 0.25) is 0 Å². The molecule has 0 saturated heterocycles. The summed E-state index contributed by atoms with van der Waals surface area (Å²) in [5.74, 6) is 0. The molecule has 0 nitrogen and oxygen atoms in total. The zero-order valence-corrected chi connectivity index (χ0v) is 26.4. The van der Waals surface area contributed by atoms with Crippen LogP contribution in [0, 0.1) is 0 Å². The van der Waals surface area contributed by atoms with Crippen LogP contribution in [0.5, 0.6) is 0 Å². The van der Waals surface area contributed by atoms with Gasteiger partial charge in [-0.3, -0.25) is 0 Å². The van der Waals surface area contributed by atoms with Gasteiger partial charge < -0.3 is 0 Å². The molecule has 0 aliphatic carbocycles. The van der Waals surface area contributed by atoms with Crippen molar-refractivity contribution in [1.29, 1.82) is 0 Å². The molecule has 218 valence electrons. The fourth-order valence-electron chi connectivity index (χ4n) is 0. The highest BCUT2D eigenvalue weighted by atomic mass is 13.4. The Morgan fingerprint density at radius 1 is 0.188 bits per heavy atom. The minimum atomic E-state index is 0. The first-order valence-electron chi connectivity index (χ1n) is 13.7. The van der Waals surface area contributed by atoms with Gasteiger partial charge in [0, 0.05) is 0 Å². The summed E-state index contributed by atoms with van der Waals surface area (Å²) >= 11 is 0. The van der Waals surface area contributed by atoms with Crippen molar-refractivity contribution in [3.8, 4) is 0 Å². The lowest BCUT2D eigenvalue weighted by atomic mass is 10.6. The van der Waals surface area contributed by atoms with Crippen LogP contribution in [0.3, 0.4) is 0 Å². The Kier molecular flexibility index (Phi) is 917. The molecular formula is C32H90. The Morgan fingerprint density at radius 2 is 0.188 bits per heavy atom. The molecule has 0 aromatic carbocycles. The van der Waals surface area contributed by atoms with Crippen LogP contribution in [-0.4, -0.2) is 0 Å².